The summed E-state index contributed by atoms with van der Waals surface area (Å²) in [4.78, 5) is 15.2. The van der Waals surface area contributed by atoms with Crippen LogP contribution >= 0.6 is 46.0 Å². The van der Waals surface area contributed by atoms with Crippen molar-refractivity contribution in [3.63, 3.8) is 0 Å². The molecule has 7 heteroatoms. The third-order valence-electron chi connectivity index (χ3n) is 2.82. The van der Waals surface area contributed by atoms with Gasteiger partial charge in [-0.1, -0.05) is 37.2 Å². The van der Waals surface area contributed by atoms with Gasteiger partial charge in [-0.2, -0.15) is 0 Å². The summed E-state index contributed by atoms with van der Waals surface area (Å²) >= 11 is 9.45. The molecule has 1 aromatic heterocycles. The van der Waals surface area contributed by atoms with Gasteiger partial charge in [0.15, 0.2) is 5.16 Å². The van der Waals surface area contributed by atoms with E-state index in [1.54, 1.807) is 6.20 Å². The van der Waals surface area contributed by atoms with E-state index in [9.17, 15) is 4.79 Å². The molecular weight excluding hydrogens is 423 g/mol. The second kappa shape index (κ2) is 7.02. The third-order valence-corrected chi connectivity index (χ3v) is 4.86. The number of hydrogen-bond donors (Lipinski definition) is 1. The number of hydrogen-bond acceptors (Lipinski definition) is 3. The molecule has 1 N–H and O–H groups in total. The molecule has 0 aliphatic carbocycles. The molecule has 0 spiro atoms. The number of aliphatic carboxylic acids is 1. The number of imidazole rings is 1. The molecular formula is C14H14ClIN2O2S. The maximum atomic E-state index is 10.8. The predicted octanol–water partition coefficient (Wildman–Crippen LogP) is 4.43. The summed E-state index contributed by atoms with van der Waals surface area (Å²) in [6.45, 7) is 4.17. The maximum Gasteiger partial charge on any atom is 0.313 e. The molecule has 2 aromatic rings. The van der Waals surface area contributed by atoms with Gasteiger partial charge in [-0.3, -0.25) is 9.36 Å². The normalized spacial score (nSPS) is 11.1. The van der Waals surface area contributed by atoms with E-state index in [4.69, 9.17) is 16.7 Å². The first-order valence-electron chi connectivity index (χ1n) is 6.27. The molecule has 0 saturated carbocycles. The van der Waals surface area contributed by atoms with E-state index in [0.717, 1.165) is 15.0 Å². The van der Waals surface area contributed by atoms with Crippen molar-refractivity contribution < 1.29 is 9.90 Å². The molecule has 0 saturated heterocycles. The number of benzene rings is 1. The van der Waals surface area contributed by atoms with Crippen LogP contribution in [0.3, 0.4) is 0 Å². The van der Waals surface area contributed by atoms with Gasteiger partial charge in [0.05, 0.1) is 17.6 Å². The number of aromatic nitrogens is 2. The number of carboxylic acid groups (broad SMARTS) is 1. The zero-order valence-corrected chi connectivity index (χ0v) is 15.2. The molecule has 112 valence electrons. The highest BCUT2D eigenvalue weighted by Gasteiger charge is 2.17. The van der Waals surface area contributed by atoms with Crippen molar-refractivity contribution in [3.8, 4) is 5.69 Å². The molecule has 0 bridgehead atoms. The second-order valence-electron chi connectivity index (χ2n) is 4.73. The van der Waals surface area contributed by atoms with Crippen molar-refractivity contribution in [2.75, 3.05) is 5.75 Å². The van der Waals surface area contributed by atoms with Gasteiger partial charge >= 0.3 is 5.97 Å². The lowest BCUT2D eigenvalue weighted by Crippen LogP contribution is -2.07. The van der Waals surface area contributed by atoms with E-state index in [1.807, 2.05) is 22.8 Å². The number of rotatable bonds is 5. The van der Waals surface area contributed by atoms with Crippen molar-refractivity contribution in [2.24, 2.45) is 0 Å². The average molecular weight is 437 g/mol. The first-order chi connectivity index (χ1) is 9.90. The lowest BCUT2D eigenvalue weighted by atomic mass is 10.1. The Morgan fingerprint density at radius 3 is 2.81 bits per heavy atom. The number of thioether (sulfide) groups is 1. The third kappa shape index (κ3) is 3.92. The number of carbonyl (C=O) groups is 1. The zero-order valence-electron chi connectivity index (χ0n) is 11.5. The minimum atomic E-state index is -0.855. The minimum Gasteiger partial charge on any atom is -0.481 e. The number of carboxylic acids is 1. The topological polar surface area (TPSA) is 55.1 Å². The van der Waals surface area contributed by atoms with Gasteiger partial charge in [-0.05, 0) is 46.7 Å². The molecule has 0 fully saturated rings. The standard InChI is InChI=1S/C14H14ClIN2O2S/c1-8(2)12-6-17-14(21-7-13(19)20)18(12)11-4-3-9(15)5-10(11)16/h3-6,8H,7H2,1-2H3,(H,19,20). The highest BCUT2D eigenvalue weighted by Crippen LogP contribution is 2.30. The van der Waals surface area contributed by atoms with Gasteiger partial charge in [0.2, 0.25) is 0 Å². The largest absolute Gasteiger partial charge is 0.481 e. The molecule has 0 radical (unpaired) electrons. The Hall–Kier alpha value is -0.730. The zero-order chi connectivity index (χ0) is 15.6. The van der Waals surface area contributed by atoms with Crippen molar-refractivity contribution in [3.05, 3.63) is 38.7 Å². The van der Waals surface area contributed by atoms with Crippen LogP contribution in [0, 0.1) is 3.57 Å². The molecule has 0 atom stereocenters. The fraction of sp³-hybridized carbons (Fsp3) is 0.286. The molecule has 0 aliphatic heterocycles. The second-order valence-corrected chi connectivity index (χ2v) is 7.28. The van der Waals surface area contributed by atoms with Gasteiger partial charge in [-0.15, -0.1) is 0 Å². The predicted molar refractivity (Wildman–Crippen MR) is 93.7 cm³/mol. The summed E-state index contributed by atoms with van der Waals surface area (Å²) in [5.74, 6) is -0.590. The molecule has 21 heavy (non-hydrogen) atoms. The highest BCUT2D eigenvalue weighted by atomic mass is 127. The molecule has 1 heterocycles. The van der Waals surface area contributed by atoms with E-state index in [2.05, 4.69) is 41.4 Å². The van der Waals surface area contributed by atoms with Crippen LogP contribution in [0.15, 0.2) is 29.6 Å². The number of halogens is 2. The fourth-order valence-corrected chi connectivity index (χ4v) is 3.71. The van der Waals surface area contributed by atoms with Crippen LogP contribution in [0.4, 0.5) is 0 Å². The summed E-state index contributed by atoms with van der Waals surface area (Å²) in [6.07, 6.45) is 1.81. The summed E-state index contributed by atoms with van der Waals surface area (Å²) in [5.41, 5.74) is 2.01. The van der Waals surface area contributed by atoms with Crippen LogP contribution in [0.5, 0.6) is 0 Å². The minimum absolute atomic E-state index is 0.0152. The Kier molecular flexibility index (Phi) is 5.56. The van der Waals surface area contributed by atoms with Gasteiger partial charge in [0, 0.05) is 14.3 Å². The van der Waals surface area contributed by atoms with Crippen molar-refractivity contribution in [2.45, 2.75) is 24.9 Å². The molecule has 1 aromatic carbocycles. The van der Waals surface area contributed by atoms with Crippen molar-refractivity contribution in [1.29, 1.82) is 0 Å². The van der Waals surface area contributed by atoms with Crippen LogP contribution in [-0.4, -0.2) is 26.4 Å². The maximum absolute atomic E-state index is 10.8. The monoisotopic (exact) mass is 436 g/mol. The smallest absolute Gasteiger partial charge is 0.313 e. The van der Waals surface area contributed by atoms with E-state index in [-0.39, 0.29) is 11.7 Å². The van der Waals surface area contributed by atoms with Gasteiger partial charge in [0.1, 0.15) is 0 Å². The van der Waals surface area contributed by atoms with E-state index >= 15 is 0 Å². The quantitative estimate of drug-likeness (QED) is 0.556. The summed E-state index contributed by atoms with van der Waals surface area (Å²) in [6, 6.07) is 5.64. The molecule has 4 nitrogen and oxygen atoms in total. The molecule has 0 amide bonds. The van der Waals surface area contributed by atoms with Crippen LogP contribution in [0.1, 0.15) is 25.5 Å². The van der Waals surface area contributed by atoms with E-state index < -0.39 is 5.97 Å². The summed E-state index contributed by atoms with van der Waals surface area (Å²) in [5, 5.41) is 10.2. The van der Waals surface area contributed by atoms with Crippen molar-refractivity contribution >= 4 is 51.9 Å². The Morgan fingerprint density at radius 2 is 2.24 bits per heavy atom. The SMILES string of the molecule is CC(C)c1cnc(SCC(=O)O)n1-c1ccc(Cl)cc1I. The number of nitrogens with zero attached hydrogens (tertiary/aromatic N) is 2. The van der Waals surface area contributed by atoms with Crippen LogP contribution in [0.2, 0.25) is 5.02 Å². The van der Waals surface area contributed by atoms with Crippen LogP contribution < -0.4 is 0 Å². The molecule has 2 rings (SSSR count). The van der Waals surface area contributed by atoms with Crippen LogP contribution in [0.25, 0.3) is 5.69 Å². The summed E-state index contributed by atoms with van der Waals surface area (Å²) < 4.78 is 3.01. The Labute approximate surface area is 146 Å². The van der Waals surface area contributed by atoms with Gasteiger partial charge in [-0.25, -0.2) is 4.98 Å². The Morgan fingerprint density at radius 1 is 1.52 bits per heavy atom. The summed E-state index contributed by atoms with van der Waals surface area (Å²) in [7, 11) is 0. The first-order valence-corrected chi connectivity index (χ1v) is 8.72. The lowest BCUT2D eigenvalue weighted by Gasteiger charge is -2.15. The van der Waals surface area contributed by atoms with E-state index in [0.29, 0.717) is 10.2 Å². The van der Waals surface area contributed by atoms with Crippen molar-refractivity contribution in [1.82, 2.24) is 9.55 Å². The highest BCUT2D eigenvalue weighted by molar-refractivity contribution is 14.1. The lowest BCUT2D eigenvalue weighted by molar-refractivity contribution is -0.133. The van der Waals surface area contributed by atoms with Crippen LogP contribution in [-0.2, 0) is 4.79 Å². The van der Waals surface area contributed by atoms with E-state index in [1.165, 1.54) is 11.8 Å². The Balaban J connectivity index is 2.52. The first kappa shape index (κ1) is 16.6. The molecule has 0 unspecified atom stereocenters. The average Bonchev–Trinajstić information content (AvgIpc) is 2.80. The molecule has 0 aliphatic rings. The fourth-order valence-electron chi connectivity index (χ4n) is 1.89. The van der Waals surface area contributed by atoms with Gasteiger partial charge in [0.25, 0.3) is 0 Å². The van der Waals surface area contributed by atoms with Gasteiger partial charge < -0.3 is 5.11 Å². The Bertz CT molecular complexity index is 673.